The van der Waals surface area contributed by atoms with Gasteiger partial charge >= 0.3 is 0 Å². The monoisotopic (exact) mass is 326 g/mol. The van der Waals surface area contributed by atoms with Crippen molar-refractivity contribution in [2.75, 3.05) is 12.3 Å². The van der Waals surface area contributed by atoms with E-state index < -0.39 is 0 Å². The Hall–Kier alpha value is -2.64. The van der Waals surface area contributed by atoms with E-state index in [2.05, 4.69) is 26.6 Å². The van der Waals surface area contributed by atoms with Crippen LogP contribution in [0.5, 0.6) is 0 Å². The first-order valence-corrected chi connectivity index (χ1v) is 7.88. The molecule has 24 heavy (non-hydrogen) atoms. The molecule has 0 saturated carbocycles. The zero-order valence-electron chi connectivity index (χ0n) is 13.7. The molecule has 0 aliphatic rings. The van der Waals surface area contributed by atoms with Crippen LogP contribution in [0.2, 0.25) is 0 Å². The number of imidazole rings is 1. The fourth-order valence-corrected chi connectivity index (χ4v) is 2.73. The van der Waals surface area contributed by atoms with Gasteiger partial charge in [-0.1, -0.05) is 24.8 Å². The van der Waals surface area contributed by atoms with Crippen molar-refractivity contribution in [2.45, 2.75) is 26.5 Å². The van der Waals surface area contributed by atoms with Gasteiger partial charge in [-0.25, -0.2) is 9.97 Å². The Morgan fingerprint density at radius 1 is 1.33 bits per heavy atom. The Morgan fingerprint density at radius 3 is 2.88 bits per heavy atom. The molecule has 0 atom stereocenters. The van der Waals surface area contributed by atoms with Crippen LogP contribution in [0, 0.1) is 0 Å². The molecule has 0 spiro atoms. The number of aryl methyl sites for hydroxylation is 1. The molecule has 0 saturated heterocycles. The molecule has 0 aliphatic heterocycles. The van der Waals surface area contributed by atoms with Gasteiger partial charge in [0.05, 0.1) is 11.0 Å². The zero-order valence-corrected chi connectivity index (χ0v) is 13.7. The van der Waals surface area contributed by atoms with Gasteiger partial charge in [0.1, 0.15) is 17.9 Å². The number of benzene rings is 1. The van der Waals surface area contributed by atoms with Crippen molar-refractivity contribution in [1.82, 2.24) is 20.0 Å². The highest BCUT2D eigenvalue weighted by molar-refractivity contribution is 6.06. The summed E-state index contributed by atoms with van der Waals surface area (Å²) in [6.45, 7) is 7.21. The lowest BCUT2D eigenvalue weighted by Gasteiger charge is -2.11. The van der Waals surface area contributed by atoms with E-state index in [0.29, 0.717) is 24.5 Å². The van der Waals surface area contributed by atoms with Crippen LogP contribution >= 0.6 is 0 Å². The van der Waals surface area contributed by atoms with Crippen LogP contribution in [0.15, 0.2) is 36.5 Å². The molecular weight excluding hydrogens is 304 g/mol. The molecule has 0 aliphatic carbocycles. The lowest BCUT2D eigenvalue weighted by atomic mass is 10.2. The number of hydroxylamine groups is 1. The minimum Gasteiger partial charge on any atom is -0.382 e. The molecule has 126 valence electrons. The minimum atomic E-state index is 0.292. The molecule has 7 nitrogen and oxygen atoms in total. The van der Waals surface area contributed by atoms with Crippen LogP contribution in [0.4, 0.5) is 5.82 Å². The van der Waals surface area contributed by atoms with Gasteiger partial charge in [0.2, 0.25) is 0 Å². The fraction of sp³-hybridized carbons (Fsp3) is 0.294. The van der Waals surface area contributed by atoms with Crippen molar-refractivity contribution in [2.24, 2.45) is 5.73 Å². The van der Waals surface area contributed by atoms with Gasteiger partial charge in [-0.05, 0) is 26.0 Å². The number of allylic oxidation sites excluding steroid dienone is 1. The fourth-order valence-electron chi connectivity index (χ4n) is 2.73. The summed E-state index contributed by atoms with van der Waals surface area (Å²) in [6.07, 6.45) is 0.836. The van der Waals surface area contributed by atoms with Gasteiger partial charge in [-0.15, -0.1) is 0 Å². The van der Waals surface area contributed by atoms with Crippen LogP contribution in [-0.4, -0.2) is 21.1 Å². The highest BCUT2D eigenvalue weighted by Gasteiger charge is 2.17. The first-order chi connectivity index (χ1) is 11.6. The van der Waals surface area contributed by atoms with Crippen LogP contribution in [0.3, 0.4) is 0 Å². The molecule has 5 N–H and O–H groups in total. The van der Waals surface area contributed by atoms with Crippen LogP contribution in [0.25, 0.3) is 21.9 Å². The summed E-state index contributed by atoms with van der Waals surface area (Å²) in [6, 6.07) is 7.91. The third kappa shape index (κ3) is 3.04. The van der Waals surface area contributed by atoms with E-state index in [1.54, 1.807) is 0 Å². The predicted molar refractivity (Wildman–Crippen MR) is 95.9 cm³/mol. The lowest BCUT2D eigenvalue weighted by molar-refractivity contribution is 0.0438. The molecule has 1 aromatic carbocycles. The zero-order chi connectivity index (χ0) is 17.1. The Labute approximate surface area is 140 Å². The number of aromatic nitrogens is 3. The highest BCUT2D eigenvalue weighted by Crippen LogP contribution is 2.29. The topological polar surface area (TPSA) is 104 Å². The largest absolute Gasteiger partial charge is 0.382 e. The lowest BCUT2D eigenvalue weighted by Crippen LogP contribution is -2.15. The van der Waals surface area contributed by atoms with Gasteiger partial charge in [0, 0.05) is 17.6 Å². The maximum absolute atomic E-state index is 6.13. The second kappa shape index (κ2) is 6.86. The maximum atomic E-state index is 6.13. The van der Waals surface area contributed by atoms with Crippen LogP contribution in [-0.2, 0) is 18.0 Å². The van der Waals surface area contributed by atoms with Crippen molar-refractivity contribution < 1.29 is 4.84 Å². The quantitative estimate of drug-likeness (QED) is 0.574. The summed E-state index contributed by atoms with van der Waals surface area (Å²) in [4.78, 5) is 14.6. The maximum Gasteiger partial charge on any atom is 0.152 e. The van der Waals surface area contributed by atoms with Gasteiger partial charge in [0.15, 0.2) is 5.82 Å². The standard InChI is InChI=1S/C17H22N6O/c1-11(2)22-24-10-14-21-15-16(23(14)9-5-8-18)12-6-3-4-7-13(12)20-17(15)19/h3-4,6-7,22H,1,5,8-10,18H2,2H3,(H2,19,20). The number of nitrogen functional groups attached to an aromatic ring is 1. The molecule has 2 heterocycles. The number of hydrogen-bond donors (Lipinski definition) is 3. The summed E-state index contributed by atoms with van der Waals surface area (Å²) in [5.41, 5.74) is 17.8. The van der Waals surface area contributed by atoms with Crippen molar-refractivity contribution in [3.05, 3.63) is 42.4 Å². The van der Waals surface area contributed by atoms with Crippen LogP contribution in [0.1, 0.15) is 19.2 Å². The van der Waals surface area contributed by atoms with E-state index >= 15 is 0 Å². The highest BCUT2D eigenvalue weighted by atomic mass is 16.6. The van der Waals surface area contributed by atoms with E-state index in [0.717, 1.165) is 40.9 Å². The van der Waals surface area contributed by atoms with E-state index in [1.807, 2.05) is 31.2 Å². The van der Waals surface area contributed by atoms with E-state index in [4.69, 9.17) is 16.3 Å². The number of pyridine rings is 1. The molecule has 0 radical (unpaired) electrons. The molecule has 0 amide bonds. The molecular formula is C17H22N6O. The number of rotatable bonds is 7. The van der Waals surface area contributed by atoms with E-state index in [-0.39, 0.29) is 0 Å². The molecule has 0 fully saturated rings. The number of nitrogens with zero attached hydrogens (tertiary/aromatic N) is 3. The van der Waals surface area contributed by atoms with Gasteiger partial charge < -0.3 is 16.0 Å². The minimum absolute atomic E-state index is 0.292. The summed E-state index contributed by atoms with van der Waals surface area (Å²) < 4.78 is 2.11. The Balaban J connectivity index is 2.14. The smallest absolute Gasteiger partial charge is 0.152 e. The van der Waals surface area contributed by atoms with Crippen molar-refractivity contribution >= 4 is 27.8 Å². The number of nitrogens with two attached hydrogens (primary N) is 2. The molecule has 0 bridgehead atoms. The summed E-state index contributed by atoms with van der Waals surface area (Å²) in [5.74, 6) is 1.20. The third-order valence-corrected chi connectivity index (χ3v) is 3.72. The molecule has 0 unspecified atom stereocenters. The molecule has 3 rings (SSSR count). The number of nitrogens with one attached hydrogen (secondary N) is 1. The number of fused-ring (bicyclic) bond motifs is 3. The van der Waals surface area contributed by atoms with Gasteiger partial charge in [0.25, 0.3) is 0 Å². The first-order valence-electron chi connectivity index (χ1n) is 7.88. The second-order valence-corrected chi connectivity index (χ2v) is 5.70. The Morgan fingerprint density at radius 2 is 2.12 bits per heavy atom. The van der Waals surface area contributed by atoms with E-state index in [9.17, 15) is 0 Å². The van der Waals surface area contributed by atoms with Crippen molar-refractivity contribution in [1.29, 1.82) is 0 Å². The molecule has 2 aromatic heterocycles. The normalized spacial score (nSPS) is 11.2. The Kier molecular flexibility index (Phi) is 4.64. The number of hydrogen-bond acceptors (Lipinski definition) is 6. The SMILES string of the molecule is C=C(C)NOCc1nc2c(N)nc3ccccc3c2n1CCCN. The van der Waals surface area contributed by atoms with Crippen LogP contribution < -0.4 is 16.9 Å². The number of anilines is 1. The van der Waals surface area contributed by atoms with E-state index in [1.165, 1.54) is 0 Å². The first kappa shape index (κ1) is 16.2. The average molecular weight is 326 g/mol. The van der Waals surface area contributed by atoms with Gasteiger partial charge in [-0.2, -0.15) is 0 Å². The Bertz CT molecular complexity index is 886. The summed E-state index contributed by atoms with van der Waals surface area (Å²) in [5, 5.41) is 1.02. The second-order valence-electron chi connectivity index (χ2n) is 5.70. The van der Waals surface area contributed by atoms with Crippen molar-refractivity contribution in [3.8, 4) is 0 Å². The summed E-state index contributed by atoms with van der Waals surface area (Å²) in [7, 11) is 0. The number of para-hydroxylation sites is 1. The summed E-state index contributed by atoms with van der Waals surface area (Å²) >= 11 is 0. The predicted octanol–water partition coefficient (Wildman–Crippen LogP) is 2.07. The molecule has 3 aromatic rings. The van der Waals surface area contributed by atoms with Crippen molar-refractivity contribution in [3.63, 3.8) is 0 Å². The van der Waals surface area contributed by atoms with Gasteiger partial charge in [-0.3, -0.25) is 10.3 Å². The third-order valence-electron chi connectivity index (χ3n) is 3.72. The average Bonchev–Trinajstić information content (AvgIpc) is 2.92. The molecule has 7 heteroatoms.